The van der Waals surface area contributed by atoms with E-state index in [9.17, 15) is 9.90 Å². The van der Waals surface area contributed by atoms with Gasteiger partial charge in [-0.1, -0.05) is 38.1 Å². The number of nitrogens with one attached hydrogen (secondary N) is 1. The summed E-state index contributed by atoms with van der Waals surface area (Å²) in [5.74, 6) is 0.249. The van der Waals surface area contributed by atoms with Crippen molar-refractivity contribution < 1.29 is 9.90 Å². The summed E-state index contributed by atoms with van der Waals surface area (Å²) < 4.78 is 1.73. The molecule has 5 nitrogen and oxygen atoms in total. The van der Waals surface area contributed by atoms with Gasteiger partial charge < -0.3 is 10.4 Å². The average molecular weight is 315 g/mol. The van der Waals surface area contributed by atoms with Gasteiger partial charge in [-0.15, -0.1) is 0 Å². The van der Waals surface area contributed by atoms with Crippen molar-refractivity contribution in [1.29, 1.82) is 0 Å². The number of aliphatic hydroxyl groups excluding tert-OH is 1. The molecule has 2 N–H and O–H groups in total. The van der Waals surface area contributed by atoms with E-state index in [1.54, 1.807) is 10.9 Å². The van der Waals surface area contributed by atoms with Crippen LogP contribution in [-0.4, -0.2) is 27.3 Å². The van der Waals surface area contributed by atoms with Gasteiger partial charge in [-0.05, 0) is 30.9 Å². The van der Waals surface area contributed by atoms with E-state index in [2.05, 4.69) is 24.3 Å². The molecule has 1 heterocycles. The van der Waals surface area contributed by atoms with Gasteiger partial charge in [0.15, 0.2) is 0 Å². The van der Waals surface area contributed by atoms with Crippen LogP contribution in [0.5, 0.6) is 0 Å². The third-order valence-electron chi connectivity index (χ3n) is 3.96. The zero-order chi connectivity index (χ0) is 17.0. The first kappa shape index (κ1) is 17.2. The van der Waals surface area contributed by atoms with Gasteiger partial charge in [-0.3, -0.25) is 9.48 Å². The number of hydrogen-bond donors (Lipinski definition) is 2. The summed E-state index contributed by atoms with van der Waals surface area (Å²) in [5, 5.41) is 17.3. The van der Waals surface area contributed by atoms with E-state index in [1.165, 1.54) is 5.56 Å². The van der Waals surface area contributed by atoms with Crippen LogP contribution >= 0.6 is 0 Å². The normalized spacial score (nSPS) is 12.4. The molecular weight excluding hydrogens is 290 g/mol. The molecular formula is C18H25N3O2. The number of amides is 1. The predicted octanol–water partition coefficient (Wildman–Crippen LogP) is 2.80. The van der Waals surface area contributed by atoms with Gasteiger partial charge in [0.25, 0.3) is 5.91 Å². The van der Waals surface area contributed by atoms with Gasteiger partial charge in [0.2, 0.25) is 0 Å². The highest BCUT2D eigenvalue weighted by atomic mass is 16.3. The number of rotatable bonds is 6. The first-order chi connectivity index (χ1) is 10.9. The highest BCUT2D eigenvalue weighted by Crippen LogP contribution is 2.18. The summed E-state index contributed by atoms with van der Waals surface area (Å²) in [7, 11) is 0. The zero-order valence-corrected chi connectivity index (χ0v) is 14.2. The van der Waals surface area contributed by atoms with Crippen LogP contribution in [-0.2, 0) is 6.54 Å². The lowest BCUT2D eigenvalue weighted by molar-refractivity contribution is 0.0915. The number of carbonyl (C=O) groups excluding carboxylic acids is 1. The highest BCUT2D eigenvalue weighted by Gasteiger charge is 2.15. The van der Waals surface area contributed by atoms with Crippen molar-refractivity contribution in [2.24, 2.45) is 0 Å². The van der Waals surface area contributed by atoms with Crippen LogP contribution in [0.2, 0.25) is 0 Å². The van der Waals surface area contributed by atoms with Crippen molar-refractivity contribution in [2.45, 2.75) is 46.3 Å². The maximum atomic E-state index is 12.2. The van der Waals surface area contributed by atoms with E-state index in [0.29, 0.717) is 17.2 Å². The number of aryl methyl sites for hydroxylation is 2. The lowest BCUT2D eigenvalue weighted by Crippen LogP contribution is -2.28. The number of benzene rings is 1. The average Bonchev–Trinajstić information content (AvgIpc) is 2.93. The van der Waals surface area contributed by atoms with Gasteiger partial charge in [-0.2, -0.15) is 5.10 Å². The van der Waals surface area contributed by atoms with Crippen LogP contribution < -0.4 is 5.32 Å². The Morgan fingerprint density at radius 1 is 1.26 bits per heavy atom. The van der Waals surface area contributed by atoms with Crippen LogP contribution in [0.15, 0.2) is 30.5 Å². The predicted molar refractivity (Wildman–Crippen MR) is 90.5 cm³/mol. The maximum Gasteiger partial charge on any atom is 0.254 e. The Morgan fingerprint density at radius 3 is 2.39 bits per heavy atom. The molecule has 23 heavy (non-hydrogen) atoms. The first-order valence-corrected chi connectivity index (χ1v) is 8.02. The number of aromatic nitrogens is 2. The van der Waals surface area contributed by atoms with Crippen LogP contribution in [0.4, 0.5) is 0 Å². The topological polar surface area (TPSA) is 67.2 Å². The van der Waals surface area contributed by atoms with E-state index in [4.69, 9.17) is 0 Å². The molecule has 2 rings (SSSR count). The summed E-state index contributed by atoms with van der Waals surface area (Å²) in [4.78, 5) is 12.2. The smallest absolute Gasteiger partial charge is 0.254 e. The zero-order valence-electron chi connectivity index (χ0n) is 14.2. The molecule has 1 aromatic carbocycles. The quantitative estimate of drug-likeness (QED) is 0.861. The van der Waals surface area contributed by atoms with Crippen LogP contribution in [0, 0.1) is 6.92 Å². The summed E-state index contributed by atoms with van der Waals surface area (Å²) in [6.07, 6.45) is 1.01. The molecule has 1 atom stereocenters. The minimum atomic E-state index is -0.721. The Kier molecular flexibility index (Phi) is 5.55. The van der Waals surface area contributed by atoms with Gasteiger partial charge in [0, 0.05) is 19.3 Å². The van der Waals surface area contributed by atoms with Crippen molar-refractivity contribution in [3.63, 3.8) is 0 Å². The van der Waals surface area contributed by atoms with Crippen molar-refractivity contribution in [1.82, 2.24) is 15.1 Å². The van der Waals surface area contributed by atoms with Crippen LogP contribution in [0.3, 0.4) is 0 Å². The molecule has 124 valence electrons. The van der Waals surface area contributed by atoms with Gasteiger partial charge >= 0.3 is 0 Å². The van der Waals surface area contributed by atoms with Gasteiger partial charge in [0.05, 0.1) is 17.4 Å². The Hall–Kier alpha value is -2.14. The molecule has 2 aromatic rings. The lowest BCUT2D eigenvalue weighted by Gasteiger charge is -2.13. The number of hydrogen-bond acceptors (Lipinski definition) is 3. The fourth-order valence-electron chi connectivity index (χ4n) is 2.41. The summed E-state index contributed by atoms with van der Waals surface area (Å²) >= 11 is 0. The van der Waals surface area contributed by atoms with Crippen LogP contribution in [0.25, 0.3) is 0 Å². The molecule has 0 aliphatic heterocycles. The molecule has 0 aliphatic rings. The Labute approximate surface area is 137 Å². The Bertz CT molecular complexity index is 659. The lowest BCUT2D eigenvalue weighted by atomic mass is 10.00. The molecule has 0 spiro atoms. The van der Waals surface area contributed by atoms with E-state index < -0.39 is 6.10 Å². The standard InChI is InChI=1S/C18H25N3O2/c1-5-21-11-16(13(4)20-21)18(23)19-10-17(22)15-8-6-14(7-9-15)12(2)3/h6-9,11-12,17,22H,5,10H2,1-4H3,(H,19,23). The van der Waals surface area contributed by atoms with Crippen LogP contribution in [0.1, 0.15) is 60.0 Å². The number of nitrogens with zero attached hydrogens (tertiary/aromatic N) is 2. The molecule has 1 unspecified atom stereocenters. The van der Waals surface area contributed by atoms with E-state index >= 15 is 0 Å². The minimum Gasteiger partial charge on any atom is -0.387 e. The van der Waals surface area contributed by atoms with E-state index in [1.807, 2.05) is 38.1 Å². The van der Waals surface area contributed by atoms with E-state index in [-0.39, 0.29) is 12.5 Å². The molecule has 5 heteroatoms. The highest BCUT2D eigenvalue weighted by molar-refractivity contribution is 5.95. The molecule has 1 amide bonds. The Balaban J connectivity index is 1.96. The van der Waals surface area contributed by atoms with Crippen molar-refractivity contribution in [3.8, 4) is 0 Å². The maximum absolute atomic E-state index is 12.2. The minimum absolute atomic E-state index is 0.177. The van der Waals surface area contributed by atoms with Crippen molar-refractivity contribution >= 4 is 5.91 Å². The summed E-state index contributed by atoms with van der Waals surface area (Å²) in [6.45, 7) is 8.94. The molecule has 0 saturated carbocycles. The first-order valence-electron chi connectivity index (χ1n) is 8.02. The molecule has 0 saturated heterocycles. The van der Waals surface area contributed by atoms with Gasteiger partial charge in [-0.25, -0.2) is 0 Å². The largest absolute Gasteiger partial charge is 0.387 e. The molecule has 0 fully saturated rings. The van der Waals surface area contributed by atoms with Crippen molar-refractivity contribution in [3.05, 3.63) is 52.8 Å². The second-order valence-electron chi connectivity index (χ2n) is 6.03. The third-order valence-corrected chi connectivity index (χ3v) is 3.96. The third kappa shape index (κ3) is 4.20. The molecule has 0 aliphatic carbocycles. The Morgan fingerprint density at radius 2 is 1.87 bits per heavy atom. The number of aliphatic hydroxyl groups is 1. The van der Waals surface area contributed by atoms with Crippen molar-refractivity contribution in [2.75, 3.05) is 6.54 Å². The fourth-order valence-corrected chi connectivity index (χ4v) is 2.41. The molecule has 0 radical (unpaired) electrons. The monoisotopic (exact) mass is 315 g/mol. The summed E-state index contributed by atoms with van der Waals surface area (Å²) in [6, 6.07) is 7.85. The molecule has 0 bridgehead atoms. The summed E-state index contributed by atoms with van der Waals surface area (Å²) in [5.41, 5.74) is 3.28. The number of carbonyl (C=O) groups is 1. The molecule has 1 aromatic heterocycles. The van der Waals surface area contributed by atoms with E-state index in [0.717, 1.165) is 12.1 Å². The second kappa shape index (κ2) is 7.42. The SMILES string of the molecule is CCn1cc(C(=O)NCC(O)c2ccc(C(C)C)cc2)c(C)n1. The van der Waals surface area contributed by atoms with Gasteiger partial charge in [0.1, 0.15) is 0 Å². The fraction of sp³-hybridized carbons (Fsp3) is 0.444. The second-order valence-corrected chi connectivity index (χ2v) is 6.03.